The number of carbonyl (C=O) groups is 1. The molecule has 2 nitrogen and oxygen atoms in total. The maximum Gasteiger partial charge on any atom is 0.232 e. The van der Waals surface area contributed by atoms with Crippen molar-refractivity contribution in [3.8, 4) is 11.1 Å². The van der Waals surface area contributed by atoms with Crippen LogP contribution in [0, 0.1) is 23.5 Å². The zero-order valence-corrected chi connectivity index (χ0v) is 18.6. The first kappa shape index (κ1) is 19.4. The molecule has 0 fully saturated rings. The van der Waals surface area contributed by atoms with Gasteiger partial charge in [-0.1, -0.05) is 45.0 Å². The van der Waals surface area contributed by atoms with Gasteiger partial charge in [0.15, 0.2) is 0 Å². The molecule has 144 valence electrons. The van der Waals surface area contributed by atoms with Crippen LogP contribution in [0.15, 0.2) is 36.4 Å². The fourth-order valence-corrected chi connectivity index (χ4v) is 7.07. The number of fused-ring (bicyclic) bond motifs is 3. The van der Waals surface area contributed by atoms with E-state index in [0.717, 1.165) is 36.6 Å². The molecule has 2 aromatic carbocycles. The Morgan fingerprint density at radius 1 is 1.11 bits per heavy atom. The Balaban J connectivity index is 1.87. The van der Waals surface area contributed by atoms with E-state index < -0.39 is 5.54 Å². The Morgan fingerprint density at radius 2 is 1.75 bits per heavy atom. The molecule has 0 saturated carbocycles. The summed E-state index contributed by atoms with van der Waals surface area (Å²) in [6.45, 7) is 8.29. The minimum absolute atomic E-state index is 0.00363. The molecule has 28 heavy (non-hydrogen) atoms. The largest absolute Gasteiger partial charge is 0.301 e. The lowest BCUT2D eigenvalue weighted by molar-refractivity contribution is -0.119. The fourth-order valence-electron chi connectivity index (χ4n) is 3.79. The molecule has 2 heterocycles. The summed E-state index contributed by atoms with van der Waals surface area (Å²) in [6, 6.07) is 10.4. The standard InChI is InChI=1S/C22H20FNOS3/c1-12-9-16-17(10-13(12)2)24(18(25)11-14-5-7-15(23)8-6-14)22(3,4)20-19(16)21(26)28-27-20/h5-10H,11H2,1-4H3. The first-order valence-corrected chi connectivity index (χ1v) is 11.6. The van der Waals surface area contributed by atoms with Crippen LogP contribution in [0.4, 0.5) is 10.1 Å². The van der Waals surface area contributed by atoms with Crippen molar-refractivity contribution in [2.45, 2.75) is 39.7 Å². The van der Waals surface area contributed by atoms with Crippen molar-refractivity contribution in [3.63, 3.8) is 0 Å². The van der Waals surface area contributed by atoms with Crippen molar-refractivity contribution >= 4 is 44.5 Å². The van der Waals surface area contributed by atoms with E-state index in [2.05, 4.69) is 39.8 Å². The van der Waals surface area contributed by atoms with Gasteiger partial charge in [-0.15, -0.1) is 0 Å². The average molecular weight is 430 g/mol. The van der Waals surface area contributed by atoms with E-state index in [1.807, 2.05) is 4.90 Å². The van der Waals surface area contributed by atoms with Crippen LogP contribution in [0.5, 0.6) is 0 Å². The van der Waals surface area contributed by atoms with Gasteiger partial charge in [0.2, 0.25) is 5.91 Å². The molecule has 0 N–H and O–H groups in total. The summed E-state index contributed by atoms with van der Waals surface area (Å²) in [5, 5.41) is 0. The average Bonchev–Trinajstić information content (AvgIpc) is 3.02. The van der Waals surface area contributed by atoms with E-state index >= 15 is 0 Å². The molecule has 1 aliphatic rings. The van der Waals surface area contributed by atoms with Gasteiger partial charge in [-0.25, -0.2) is 4.39 Å². The highest BCUT2D eigenvalue weighted by atomic mass is 32.9. The summed E-state index contributed by atoms with van der Waals surface area (Å²) in [4.78, 5) is 16.5. The van der Waals surface area contributed by atoms with Crippen LogP contribution < -0.4 is 4.90 Å². The third kappa shape index (κ3) is 3.04. The van der Waals surface area contributed by atoms with Crippen molar-refractivity contribution in [2.75, 3.05) is 4.90 Å². The Morgan fingerprint density at radius 3 is 2.43 bits per heavy atom. The number of hydrogen-bond acceptors (Lipinski definition) is 4. The van der Waals surface area contributed by atoms with Crippen LogP contribution in [0.25, 0.3) is 11.1 Å². The zero-order chi connectivity index (χ0) is 20.2. The molecule has 0 spiro atoms. The molecular weight excluding hydrogens is 409 g/mol. The van der Waals surface area contributed by atoms with E-state index in [1.54, 1.807) is 32.8 Å². The Bertz CT molecular complexity index is 1140. The predicted molar refractivity (Wildman–Crippen MR) is 119 cm³/mol. The highest BCUT2D eigenvalue weighted by Gasteiger charge is 2.42. The van der Waals surface area contributed by atoms with Gasteiger partial charge in [0, 0.05) is 11.1 Å². The van der Waals surface area contributed by atoms with Gasteiger partial charge in [-0.3, -0.25) is 4.79 Å². The van der Waals surface area contributed by atoms with Crippen molar-refractivity contribution in [1.29, 1.82) is 0 Å². The monoisotopic (exact) mass is 429 g/mol. The number of benzene rings is 2. The van der Waals surface area contributed by atoms with Crippen LogP contribution in [0.1, 0.15) is 35.4 Å². The molecule has 1 amide bonds. The van der Waals surface area contributed by atoms with Crippen LogP contribution >= 0.6 is 32.9 Å². The number of amides is 1. The molecule has 1 aromatic heterocycles. The lowest BCUT2D eigenvalue weighted by Gasteiger charge is -2.43. The summed E-state index contributed by atoms with van der Waals surface area (Å²) in [6.07, 6.45) is 0.223. The lowest BCUT2D eigenvalue weighted by Crippen LogP contribution is -2.48. The Labute approximate surface area is 176 Å². The minimum Gasteiger partial charge on any atom is -0.301 e. The third-order valence-corrected chi connectivity index (χ3v) is 8.72. The number of rotatable bonds is 2. The third-order valence-electron chi connectivity index (χ3n) is 5.39. The molecule has 0 saturated heterocycles. The Kier molecular flexibility index (Phi) is 4.76. The molecule has 3 aromatic rings. The van der Waals surface area contributed by atoms with Gasteiger partial charge in [-0.05, 0) is 68.7 Å². The molecule has 0 atom stereocenters. The maximum absolute atomic E-state index is 13.5. The summed E-state index contributed by atoms with van der Waals surface area (Å²) in [7, 11) is 3.25. The first-order valence-electron chi connectivity index (χ1n) is 9.03. The van der Waals surface area contributed by atoms with E-state index in [4.69, 9.17) is 12.2 Å². The lowest BCUT2D eigenvalue weighted by atomic mass is 9.85. The first-order chi connectivity index (χ1) is 13.2. The van der Waals surface area contributed by atoms with E-state index in [-0.39, 0.29) is 18.1 Å². The molecule has 0 unspecified atom stereocenters. The van der Waals surface area contributed by atoms with Gasteiger partial charge in [0.25, 0.3) is 0 Å². The molecule has 0 aliphatic carbocycles. The second-order valence-electron chi connectivity index (χ2n) is 7.70. The number of nitrogens with zero attached hydrogens (tertiary/aromatic N) is 1. The van der Waals surface area contributed by atoms with Crippen molar-refractivity contribution in [1.82, 2.24) is 0 Å². The summed E-state index contributed by atoms with van der Waals surface area (Å²) >= 11 is 5.64. The van der Waals surface area contributed by atoms with Gasteiger partial charge in [-0.2, -0.15) is 0 Å². The zero-order valence-electron chi connectivity index (χ0n) is 16.1. The summed E-state index contributed by atoms with van der Waals surface area (Å²) in [5.41, 5.74) is 5.66. The van der Waals surface area contributed by atoms with Gasteiger partial charge >= 0.3 is 0 Å². The highest BCUT2D eigenvalue weighted by molar-refractivity contribution is 7.80. The predicted octanol–water partition coefficient (Wildman–Crippen LogP) is 6.79. The highest BCUT2D eigenvalue weighted by Crippen LogP contribution is 2.52. The van der Waals surface area contributed by atoms with E-state index in [1.165, 1.54) is 17.7 Å². The molecule has 0 radical (unpaired) electrons. The number of aryl methyl sites for hydroxylation is 2. The van der Waals surface area contributed by atoms with Crippen molar-refractivity contribution < 1.29 is 9.18 Å². The fraction of sp³-hybridized carbons (Fsp3) is 0.273. The smallest absolute Gasteiger partial charge is 0.232 e. The number of hydrogen-bond donors (Lipinski definition) is 0. The second kappa shape index (κ2) is 6.87. The van der Waals surface area contributed by atoms with Crippen LogP contribution in [-0.2, 0) is 16.8 Å². The summed E-state index contributed by atoms with van der Waals surface area (Å²) in [5.74, 6) is -0.301. The molecule has 6 heteroatoms. The number of halogens is 1. The topological polar surface area (TPSA) is 20.3 Å². The van der Waals surface area contributed by atoms with Crippen molar-refractivity contribution in [3.05, 3.63) is 67.6 Å². The minimum atomic E-state index is -0.501. The number of anilines is 1. The second-order valence-corrected chi connectivity index (χ2v) is 10.5. The summed E-state index contributed by atoms with van der Waals surface area (Å²) < 4.78 is 14.1. The van der Waals surface area contributed by atoms with E-state index in [0.29, 0.717) is 0 Å². The molecule has 4 rings (SSSR count). The Hall–Kier alpha value is -1.89. The maximum atomic E-state index is 13.5. The van der Waals surface area contributed by atoms with Gasteiger partial charge < -0.3 is 4.90 Å². The molecule has 0 bridgehead atoms. The number of carbonyl (C=O) groups excluding carboxylic acids is 1. The normalized spacial score (nSPS) is 14.5. The quantitative estimate of drug-likeness (QED) is 0.330. The van der Waals surface area contributed by atoms with Gasteiger partial charge in [0.1, 0.15) is 9.64 Å². The molecular formula is C22H20FNOS3. The van der Waals surface area contributed by atoms with Crippen molar-refractivity contribution in [2.24, 2.45) is 0 Å². The van der Waals surface area contributed by atoms with Crippen LogP contribution in [0.2, 0.25) is 0 Å². The van der Waals surface area contributed by atoms with Gasteiger partial charge in [0.05, 0.1) is 22.5 Å². The SMILES string of the molecule is Cc1cc2c(cc1C)N(C(=O)Cc1ccc(F)cc1)C(C)(C)c1ssc(=S)c1-2. The van der Waals surface area contributed by atoms with Crippen LogP contribution in [-0.4, -0.2) is 5.91 Å². The molecule has 1 aliphatic heterocycles. The van der Waals surface area contributed by atoms with Crippen LogP contribution in [0.3, 0.4) is 0 Å². The van der Waals surface area contributed by atoms with E-state index in [9.17, 15) is 9.18 Å².